The first-order valence-corrected chi connectivity index (χ1v) is 23.5. The fourth-order valence-electron chi connectivity index (χ4n) is 6.53. The smallest absolute Gasteiger partial charge is 0.306 e. The summed E-state index contributed by atoms with van der Waals surface area (Å²) in [6.45, 7) is 6.53. The lowest BCUT2D eigenvalue weighted by Crippen LogP contribution is -2.30. The van der Waals surface area contributed by atoms with Gasteiger partial charge in [0.1, 0.15) is 13.2 Å². The average molecular weight is 773 g/mol. The zero-order valence-corrected chi connectivity index (χ0v) is 36.4. The van der Waals surface area contributed by atoms with Crippen LogP contribution in [0, 0.1) is 0 Å². The maximum Gasteiger partial charge on any atom is 0.306 e. The quantitative estimate of drug-likeness (QED) is 0.0266. The van der Waals surface area contributed by atoms with E-state index in [0.29, 0.717) is 19.3 Å². The van der Waals surface area contributed by atoms with Crippen LogP contribution in [-0.4, -0.2) is 37.2 Å². The lowest BCUT2D eigenvalue weighted by Gasteiger charge is -2.18. The van der Waals surface area contributed by atoms with Gasteiger partial charge in [-0.2, -0.15) is 0 Å². The molecule has 6 heteroatoms. The molecule has 0 spiro atoms. The van der Waals surface area contributed by atoms with Crippen molar-refractivity contribution < 1.29 is 28.6 Å². The largest absolute Gasteiger partial charge is 0.462 e. The van der Waals surface area contributed by atoms with Gasteiger partial charge >= 0.3 is 17.9 Å². The van der Waals surface area contributed by atoms with E-state index < -0.39 is 6.10 Å². The van der Waals surface area contributed by atoms with Gasteiger partial charge in [-0.15, -0.1) is 0 Å². The fraction of sp³-hybridized carbons (Fsp3) is 0.816. The van der Waals surface area contributed by atoms with Crippen LogP contribution in [-0.2, 0) is 28.6 Å². The summed E-state index contributed by atoms with van der Waals surface area (Å²) in [5, 5.41) is 0. The Morgan fingerprint density at radius 2 is 0.691 bits per heavy atom. The Morgan fingerprint density at radius 3 is 1.11 bits per heavy atom. The van der Waals surface area contributed by atoms with E-state index in [9.17, 15) is 14.4 Å². The summed E-state index contributed by atoms with van der Waals surface area (Å²) in [4.78, 5) is 37.7. The van der Waals surface area contributed by atoms with Crippen molar-refractivity contribution in [2.75, 3.05) is 13.2 Å². The van der Waals surface area contributed by atoms with E-state index in [4.69, 9.17) is 14.2 Å². The lowest BCUT2D eigenvalue weighted by molar-refractivity contribution is -0.167. The van der Waals surface area contributed by atoms with Crippen LogP contribution in [0.4, 0.5) is 0 Å². The third kappa shape index (κ3) is 42.6. The highest BCUT2D eigenvalue weighted by molar-refractivity contribution is 5.71. The summed E-state index contributed by atoms with van der Waals surface area (Å²) < 4.78 is 16.7. The lowest BCUT2D eigenvalue weighted by atomic mass is 10.1. The Labute approximate surface area is 340 Å². The maximum absolute atomic E-state index is 12.7. The highest BCUT2D eigenvalue weighted by Crippen LogP contribution is 2.14. The molecule has 0 aromatic rings. The molecule has 1 unspecified atom stereocenters. The van der Waals surface area contributed by atoms with Gasteiger partial charge in [0.2, 0.25) is 0 Å². The molecule has 6 nitrogen and oxygen atoms in total. The van der Waals surface area contributed by atoms with Gasteiger partial charge in [0.15, 0.2) is 6.10 Å². The number of hydrogen-bond donors (Lipinski definition) is 0. The molecule has 0 saturated heterocycles. The molecule has 55 heavy (non-hydrogen) atoms. The van der Waals surface area contributed by atoms with Crippen LogP contribution in [0.15, 0.2) is 36.5 Å². The second-order valence-electron chi connectivity index (χ2n) is 15.7. The highest BCUT2D eigenvalue weighted by Gasteiger charge is 2.19. The Balaban J connectivity index is 4.40. The Kier molecular flexibility index (Phi) is 42.4. The Bertz CT molecular complexity index is 938. The fourth-order valence-corrected chi connectivity index (χ4v) is 6.53. The van der Waals surface area contributed by atoms with E-state index in [0.717, 1.165) is 96.3 Å². The summed E-state index contributed by atoms with van der Waals surface area (Å²) in [5.74, 6) is -0.899. The number of rotatable bonds is 42. The Morgan fingerprint density at radius 1 is 0.364 bits per heavy atom. The number of carbonyl (C=O) groups is 3. The molecule has 0 aliphatic rings. The molecule has 0 aliphatic carbocycles. The van der Waals surface area contributed by atoms with Crippen molar-refractivity contribution in [3.05, 3.63) is 36.5 Å². The van der Waals surface area contributed by atoms with Gasteiger partial charge in [-0.25, -0.2) is 0 Å². The topological polar surface area (TPSA) is 78.9 Å². The van der Waals surface area contributed by atoms with Gasteiger partial charge in [-0.1, -0.05) is 186 Å². The predicted octanol–water partition coefficient (Wildman–Crippen LogP) is 15.0. The van der Waals surface area contributed by atoms with E-state index >= 15 is 0 Å². The van der Waals surface area contributed by atoms with Crippen molar-refractivity contribution in [3.63, 3.8) is 0 Å². The summed E-state index contributed by atoms with van der Waals surface area (Å²) in [5.41, 5.74) is 0. The molecular formula is C49H88O6. The van der Waals surface area contributed by atoms with Gasteiger partial charge in [-0.05, 0) is 70.6 Å². The zero-order chi connectivity index (χ0) is 40.1. The van der Waals surface area contributed by atoms with Crippen molar-refractivity contribution in [3.8, 4) is 0 Å². The van der Waals surface area contributed by atoms with Gasteiger partial charge in [-0.3, -0.25) is 14.4 Å². The van der Waals surface area contributed by atoms with E-state index in [1.54, 1.807) is 0 Å². The van der Waals surface area contributed by atoms with E-state index in [1.807, 2.05) is 0 Å². The molecule has 0 radical (unpaired) electrons. The first-order chi connectivity index (χ1) is 27.0. The molecule has 0 saturated carbocycles. The first kappa shape index (κ1) is 52.6. The van der Waals surface area contributed by atoms with Gasteiger partial charge in [0.05, 0.1) is 0 Å². The van der Waals surface area contributed by atoms with Crippen molar-refractivity contribution >= 4 is 17.9 Å². The second kappa shape index (κ2) is 44.3. The normalized spacial score (nSPS) is 12.3. The van der Waals surface area contributed by atoms with Crippen LogP contribution >= 0.6 is 0 Å². The SMILES string of the molecule is CCC/C=C\C/C=C\CCCCCCCC(=O)OCC(COC(=O)CCCCCCCCCCCCC)OC(=O)CCCCCCC/C=C\CCCCCC. The van der Waals surface area contributed by atoms with Crippen molar-refractivity contribution in [1.82, 2.24) is 0 Å². The molecule has 0 aromatic heterocycles. The highest BCUT2D eigenvalue weighted by atomic mass is 16.6. The maximum atomic E-state index is 12.7. The van der Waals surface area contributed by atoms with Crippen molar-refractivity contribution in [1.29, 1.82) is 0 Å². The Hall–Kier alpha value is -2.37. The monoisotopic (exact) mass is 773 g/mol. The summed E-state index contributed by atoms with van der Waals surface area (Å²) >= 11 is 0. The molecule has 0 aliphatic heterocycles. The van der Waals surface area contributed by atoms with Crippen LogP contribution in [0.25, 0.3) is 0 Å². The minimum atomic E-state index is -0.776. The van der Waals surface area contributed by atoms with Crippen LogP contribution in [0.2, 0.25) is 0 Å². The number of allylic oxidation sites excluding steroid dienone is 6. The van der Waals surface area contributed by atoms with E-state index in [2.05, 4.69) is 57.2 Å². The molecular weight excluding hydrogens is 685 g/mol. The van der Waals surface area contributed by atoms with Gasteiger partial charge < -0.3 is 14.2 Å². The molecule has 0 aromatic carbocycles. The van der Waals surface area contributed by atoms with Gasteiger partial charge in [0, 0.05) is 19.3 Å². The number of ether oxygens (including phenoxy) is 3. The van der Waals surface area contributed by atoms with Crippen LogP contribution in [0.5, 0.6) is 0 Å². The number of esters is 3. The molecule has 0 fully saturated rings. The molecule has 0 amide bonds. The number of unbranched alkanes of at least 4 members (excludes halogenated alkanes) is 25. The van der Waals surface area contributed by atoms with Gasteiger partial charge in [0.25, 0.3) is 0 Å². The standard InChI is InChI=1S/C49H88O6/c1-4-7-10-13-16-19-22-24-27-30-33-36-39-42-48(51)54-45-46(44-53-47(50)41-38-35-32-29-26-21-18-15-12-9-6-3)55-49(52)43-40-37-34-31-28-25-23-20-17-14-11-8-5-2/h10,13,19-20,22-23,46H,4-9,11-12,14-18,21,24-45H2,1-3H3/b13-10-,22-19-,23-20-. The van der Waals surface area contributed by atoms with E-state index in [-0.39, 0.29) is 31.1 Å². The number of hydrogen-bond acceptors (Lipinski definition) is 6. The minimum Gasteiger partial charge on any atom is -0.462 e. The summed E-state index contributed by atoms with van der Waals surface area (Å²) in [6, 6.07) is 0. The van der Waals surface area contributed by atoms with Crippen molar-refractivity contribution in [2.45, 2.75) is 245 Å². The van der Waals surface area contributed by atoms with Crippen molar-refractivity contribution in [2.24, 2.45) is 0 Å². The third-order valence-electron chi connectivity index (χ3n) is 10.1. The average Bonchev–Trinajstić information content (AvgIpc) is 3.18. The molecule has 320 valence electrons. The van der Waals surface area contributed by atoms with Crippen LogP contribution < -0.4 is 0 Å². The van der Waals surface area contributed by atoms with Crippen LogP contribution in [0.1, 0.15) is 239 Å². The number of carbonyl (C=O) groups excluding carboxylic acids is 3. The predicted molar refractivity (Wildman–Crippen MR) is 233 cm³/mol. The molecule has 0 N–H and O–H groups in total. The summed E-state index contributed by atoms with van der Waals surface area (Å²) in [6.07, 6.45) is 49.8. The zero-order valence-electron chi connectivity index (χ0n) is 36.4. The summed E-state index contributed by atoms with van der Waals surface area (Å²) in [7, 11) is 0. The third-order valence-corrected chi connectivity index (χ3v) is 10.1. The molecule has 0 rings (SSSR count). The molecule has 1 atom stereocenters. The van der Waals surface area contributed by atoms with E-state index in [1.165, 1.54) is 103 Å². The van der Waals surface area contributed by atoms with Crippen LogP contribution in [0.3, 0.4) is 0 Å². The minimum absolute atomic E-state index is 0.0779. The first-order valence-electron chi connectivity index (χ1n) is 23.5. The second-order valence-corrected chi connectivity index (χ2v) is 15.7. The molecule has 0 heterocycles. The molecule has 0 bridgehead atoms.